The first kappa shape index (κ1) is 22.4. The SMILES string of the molecule is Cc1cccc2cc(CN(CCc3ccccc3)S(=O)(=O)c3cccc4nsnc34)c(=O)[nH]c12. The van der Waals surface area contributed by atoms with Crippen LogP contribution in [0.3, 0.4) is 0 Å². The number of hydrogen-bond donors (Lipinski definition) is 1. The number of aromatic nitrogens is 3. The highest BCUT2D eigenvalue weighted by molar-refractivity contribution is 7.89. The van der Waals surface area contributed by atoms with Gasteiger partial charge in [0.15, 0.2) is 0 Å². The maximum Gasteiger partial charge on any atom is 0.252 e. The molecule has 34 heavy (non-hydrogen) atoms. The van der Waals surface area contributed by atoms with Crippen LogP contribution >= 0.6 is 11.7 Å². The van der Waals surface area contributed by atoms with E-state index in [1.807, 2.05) is 55.5 Å². The second-order valence-electron chi connectivity index (χ2n) is 8.13. The largest absolute Gasteiger partial charge is 0.321 e. The molecule has 0 aliphatic rings. The molecule has 0 bridgehead atoms. The Bertz CT molecular complexity index is 1640. The maximum atomic E-state index is 13.8. The third-order valence-electron chi connectivity index (χ3n) is 5.87. The molecule has 5 aromatic rings. The summed E-state index contributed by atoms with van der Waals surface area (Å²) >= 11 is 0.976. The Hall–Kier alpha value is -3.40. The van der Waals surface area contributed by atoms with Gasteiger partial charge in [-0.2, -0.15) is 13.1 Å². The van der Waals surface area contributed by atoms with Crippen molar-refractivity contribution in [3.8, 4) is 0 Å². The van der Waals surface area contributed by atoms with Crippen molar-refractivity contribution < 1.29 is 8.42 Å². The average molecular weight is 491 g/mol. The fourth-order valence-electron chi connectivity index (χ4n) is 4.05. The van der Waals surface area contributed by atoms with Crippen molar-refractivity contribution in [3.63, 3.8) is 0 Å². The molecule has 0 aliphatic carbocycles. The lowest BCUT2D eigenvalue weighted by Crippen LogP contribution is -2.34. The lowest BCUT2D eigenvalue weighted by atomic mass is 10.1. The summed E-state index contributed by atoms with van der Waals surface area (Å²) in [5.41, 5.74) is 3.70. The first-order valence-corrected chi connectivity index (χ1v) is 13.0. The Balaban J connectivity index is 1.57. The summed E-state index contributed by atoms with van der Waals surface area (Å²) < 4.78 is 37.5. The van der Waals surface area contributed by atoms with Crippen LogP contribution in [0.25, 0.3) is 21.9 Å². The number of nitrogens with one attached hydrogen (secondary N) is 1. The van der Waals surface area contributed by atoms with E-state index in [9.17, 15) is 13.2 Å². The fraction of sp³-hybridized carbons (Fsp3) is 0.160. The standard InChI is InChI=1S/C25H22N4O3S2/c1-17-7-5-10-19-15-20(25(30)26-23(17)19)16-29(14-13-18-8-3-2-4-9-18)34(31,32)22-12-6-11-21-24(22)28-33-27-21/h2-12,15H,13-14,16H2,1H3,(H,26,30). The number of hydrogen-bond acceptors (Lipinski definition) is 6. The average Bonchev–Trinajstić information content (AvgIpc) is 3.32. The molecule has 1 N–H and O–H groups in total. The number of nitrogens with zero attached hydrogens (tertiary/aromatic N) is 3. The molecule has 0 amide bonds. The highest BCUT2D eigenvalue weighted by Crippen LogP contribution is 2.26. The zero-order valence-electron chi connectivity index (χ0n) is 18.4. The van der Waals surface area contributed by atoms with Crippen LogP contribution in [0.5, 0.6) is 0 Å². The number of H-pyrrole nitrogens is 1. The number of fused-ring (bicyclic) bond motifs is 2. The lowest BCUT2D eigenvalue weighted by Gasteiger charge is -2.22. The van der Waals surface area contributed by atoms with Gasteiger partial charge < -0.3 is 4.98 Å². The Morgan fingerprint density at radius 1 is 0.971 bits per heavy atom. The van der Waals surface area contributed by atoms with Crippen molar-refractivity contribution in [2.45, 2.75) is 24.8 Å². The first-order valence-electron chi connectivity index (χ1n) is 10.8. The van der Waals surface area contributed by atoms with E-state index in [2.05, 4.69) is 13.7 Å². The van der Waals surface area contributed by atoms with Gasteiger partial charge in [0.05, 0.1) is 17.2 Å². The van der Waals surface area contributed by atoms with Gasteiger partial charge in [0.2, 0.25) is 10.0 Å². The number of aryl methyl sites for hydroxylation is 1. The van der Waals surface area contributed by atoms with Crippen LogP contribution in [-0.2, 0) is 23.0 Å². The predicted octanol–water partition coefficient (Wildman–Crippen LogP) is 4.27. The van der Waals surface area contributed by atoms with Gasteiger partial charge in [0.1, 0.15) is 15.9 Å². The molecule has 2 heterocycles. The highest BCUT2D eigenvalue weighted by Gasteiger charge is 2.28. The third kappa shape index (κ3) is 4.25. The molecule has 2 aromatic heterocycles. The van der Waals surface area contributed by atoms with Gasteiger partial charge in [-0.25, -0.2) is 8.42 Å². The van der Waals surface area contributed by atoms with E-state index in [0.717, 1.165) is 33.8 Å². The van der Waals surface area contributed by atoms with Gasteiger partial charge in [-0.3, -0.25) is 4.79 Å². The Labute approximate surface area is 201 Å². The lowest BCUT2D eigenvalue weighted by molar-refractivity contribution is 0.408. The molecule has 7 nitrogen and oxygen atoms in total. The number of para-hydroxylation sites is 1. The molecule has 0 saturated heterocycles. The van der Waals surface area contributed by atoms with Crippen molar-refractivity contribution in [1.29, 1.82) is 0 Å². The van der Waals surface area contributed by atoms with Crippen LogP contribution in [-0.4, -0.2) is 33.0 Å². The van der Waals surface area contributed by atoms with E-state index < -0.39 is 10.0 Å². The fourth-order valence-corrected chi connectivity index (χ4v) is 6.22. The number of pyridine rings is 1. The van der Waals surface area contributed by atoms with Crippen molar-refractivity contribution in [2.75, 3.05) is 6.54 Å². The zero-order chi connectivity index (χ0) is 23.7. The Morgan fingerprint density at radius 2 is 1.76 bits per heavy atom. The van der Waals surface area contributed by atoms with Crippen molar-refractivity contribution in [2.24, 2.45) is 0 Å². The minimum Gasteiger partial charge on any atom is -0.321 e. The summed E-state index contributed by atoms with van der Waals surface area (Å²) in [5.74, 6) is 0. The molecular weight excluding hydrogens is 468 g/mol. The van der Waals surface area contributed by atoms with Crippen LogP contribution in [0, 0.1) is 6.92 Å². The normalized spacial score (nSPS) is 12.1. The van der Waals surface area contributed by atoms with Crippen LogP contribution in [0.2, 0.25) is 0 Å². The molecule has 9 heteroatoms. The van der Waals surface area contributed by atoms with E-state index in [0.29, 0.717) is 23.0 Å². The summed E-state index contributed by atoms with van der Waals surface area (Å²) in [6, 6.07) is 22.2. The molecule has 0 aliphatic heterocycles. The summed E-state index contributed by atoms with van der Waals surface area (Å²) in [7, 11) is -3.96. The second-order valence-corrected chi connectivity index (χ2v) is 10.6. The van der Waals surface area contributed by atoms with Crippen LogP contribution in [0.4, 0.5) is 0 Å². The molecule has 0 fully saturated rings. The molecule has 0 spiro atoms. The smallest absolute Gasteiger partial charge is 0.252 e. The van der Waals surface area contributed by atoms with Gasteiger partial charge in [-0.15, -0.1) is 0 Å². The third-order valence-corrected chi connectivity index (χ3v) is 8.29. The molecule has 0 atom stereocenters. The van der Waals surface area contributed by atoms with E-state index in [-0.39, 0.29) is 23.5 Å². The molecule has 3 aromatic carbocycles. The molecule has 0 radical (unpaired) electrons. The molecule has 0 saturated carbocycles. The highest BCUT2D eigenvalue weighted by atomic mass is 32.2. The van der Waals surface area contributed by atoms with Crippen LogP contribution in [0.1, 0.15) is 16.7 Å². The summed E-state index contributed by atoms with van der Waals surface area (Å²) in [6.45, 7) is 2.09. The Morgan fingerprint density at radius 3 is 2.59 bits per heavy atom. The van der Waals surface area contributed by atoms with Gasteiger partial charge in [0, 0.05) is 18.7 Å². The zero-order valence-corrected chi connectivity index (χ0v) is 20.1. The number of aromatic amines is 1. The molecule has 5 rings (SSSR count). The Kier molecular flexibility index (Phi) is 5.99. The van der Waals surface area contributed by atoms with E-state index in [4.69, 9.17) is 0 Å². The second kappa shape index (κ2) is 9.09. The topological polar surface area (TPSA) is 96.0 Å². The molecule has 0 unspecified atom stereocenters. The number of sulfonamides is 1. The van der Waals surface area contributed by atoms with Crippen molar-refractivity contribution in [3.05, 3.63) is 99.8 Å². The van der Waals surface area contributed by atoms with Crippen molar-refractivity contribution >= 4 is 43.7 Å². The summed E-state index contributed by atoms with van der Waals surface area (Å²) in [5, 5.41) is 0.862. The van der Waals surface area contributed by atoms with Gasteiger partial charge in [-0.05, 0) is 48.1 Å². The first-order chi connectivity index (χ1) is 16.4. The van der Waals surface area contributed by atoms with Crippen LogP contribution < -0.4 is 5.56 Å². The van der Waals surface area contributed by atoms with Gasteiger partial charge >= 0.3 is 0 Å². The quantitative estimate of drug-likeness (QED) is 0.367. The van der Waals surface area contributed by atoms with Gasteiger partial charge in [0.25, 0.3) is 5.56 Å². The minimum atomic E-state index is -3.96. The van der Waals surface area contributed by atoms with Gasteiger partial charge in [-0.1, -0.05) is 54.6 Å². The van der Waals surface area contributed by atoms with Crippen molar-refractivity contribution in [1.82, 2.24) is 18.0 Å². The van der Waals surface area contributed by atoms with E-state index in [1.54, 1.807) is 24.3 Å². The minimum absolute atomic E-state index is 0.0532. The molecular formula is C25H22N4O3S2. The summed E-state index contributed by atoms with van der Waals surface area (Å²) in [4.78, 5) is 16.0. The predicted molar refractivity (Wildman–Crippen MR) is 134 cm³/mol. The monoisotopic (exact) mass is 490 g/mol. The van der Waals surface area contributed by atoms with E-state index in [1.165, 1.54) is 4.31 Å². The van der Waals surface area contributed by atoms with Crippen LogP contribution in [0.15, 0.2) is 82.5 Å². The number of rotatable bonds is 7. The molecule has 172 valence electrons. The summed E-state index contributed by atoms with van der Waals surface area (Å²) in [6.07, 6.45) is 0.510. The number of benzene rings is 3. The maximum absolute atomic E-state index is 13.8. The van der Waals surface area contributed by atoms with E-state index >= 15 is 0 Å².